The summed E-state index contributed by atoms with van der Waals surface area (Å²) in [4.78, 5) is 0. The summed E-state index contributed by atoms with van der Waals surface area (Å²) in [5, 5.41) is 26.7. The largest absolute Gasteiger partial charge is 0.394 e. The van der Waals surface area contributed by atoms with Crippen molar-refractivity contribution in [3.8, 4) is 0 Å². The van der Waals surface area contributed by atoms with Crippen molar-refractivity contribution in [2.75, 3.05) is 46.2 Å². The predicted octanol–water partition coefficient (Wildman–Crippen LogP) is -0.342. The first-order valence-electron chi connectivity index (χ1n) is 8.11. The van der Waals surface area contributed by atoms with E-state index in [0.29, 0.717) is 39.4 Å². The number of unbranched alkanes of at least 4 members (excludes halogenated alkanes) is 2. The normalized spacial score (nSPS) is 24.7. The number of aliphatic hydroxyl groups excluding tert-OH is 3. The Labute approximate surface area is 133 Å². The van der Waals surface area contributed by atoms with E-state index < -0.39 is 18.3 Å². The third kappa shape index (κ3) is 11.3. The minimum absolute atomic E-state index is 0.238. The molecule has 0 aromatic carbocycles. The summed E-state index contributed by atoms with van der Waals surface area (Å²) < 4.78 is 15.4. The lowest BCUT2D eigenvalue weighted by Crippen LogP contribution is -2.46. The van der Waals surface area contributed by atoms with Gasteiger partial charge >= 0.3 is 0 Å². The lowest BCUT2D eigenvalue weighted by atomic mass is 10.0. The van der Waals surface area contributed by atoms with E-state index in [0.717, 1.165) is 13.0 Å². The van der Waals surface area contributed by atoms with E-state index >= 15 is 0 Å². The maximum Gasteiger partial charge on any atom is 0.109 e. The van der Waals surface area contributed by atoms with Crippen LogP contribution in [0, 0.1) is 0 Å². The highest BCUT2D eigenvalue weighted by Gasteiger charge is 2.30. The molecule has 134 valence electrons. The second-order valence-corrected chi connectivity index (χ2v) is 5.16. The molecule has 0 aromatic heterocycles. The zero-order valence-electron chi connectivity index (χ0n) is 13.7. The Bertz CT molecular complexity index is 222. The van der Waals surface area contributed by atoms with Crippen molar-refractivity contribution in [3.63, 3.8) is 0 Å². The zero-order valence-corrected chi connectivity index (χ0v) is 13.7. The molecule has 0 spiro atoms. The van der Waals surface area contributed by atoms with Crippen LogP contribution < -0.4 is 5.73 Å². The molecular formula is C15H33NO6. The molecule has 3 atom stereocenters. The number of hydrogen-bond acceptors (Lipinski definition) is 7. The molecule has 1 aliphatic rings. The molecule has 0 aromatic rings. The van der Waals surface area contributed by atoms with Gasteiger partial charge < -0.3 is 35.3 Å². The molecule has 7 nitrogen and oxygen atoms in total. The number of nitrogens with two attached hydrogens (primary N) is 1. The van der Waals surface area contributed by atoms with Gasteiger partial charge in [0, 0.05) is 19.8 Å². The van der Waals surface area contributed by atoms with Crippen LogP contribution in [0.2, 0.25) is 0 Å². The first-order valence-corrected chi connectivity index (χ1v) is 8.11. The van der Waals surface area contributed by atoms with Crippen LogP contribution in [0.25, 0.3) is 0 Å². The molecule has 1 heterocycles. The van der Waals surface area contributed by atoms with Gasteiger partial charge in [0.25, 0.3) is 0 Å². The zero-order chi connectivity index (χ0) is 16.6. The lowest BCUT2D eigenvalue weighted by Gasteiger charge is -2.30. The molecule has 0 radical (unpaired) electrons. The molecule has 22 heavy (non-hydrogen) atoms. The molecule has 5 N–H and O–H groups in total. The Morgan fingerprint density at radius 1 is 1.09 bits per heavy atom. The molecule has 0 aliphatic carbocycles. The summed E-state index contributed by atoms with van der Waals surface area (Å²) in [6, 6.07) is 0. The van der Waals surface area contributed by atoms with Crippen LogP contribution in [0.5, 0.6) is 0 Å². The van der Waals surface area contributed by atoms with E-state index in [1.807, 2.05) is 0 Å². The standard InChI is InChI=1S/C9H21NO2.C6H12O4/c1-2-3-4-6-11-8-9-12-7-5-10;7-3-5-6(9)4(8)1-2-10-5/h2-10H2,1H3;4-9H,1-3H2. The van der Waals surface area contributed by atoms with E-state index in [1.165, 1.54) is 12.8 Å². The van der Waals surface area contributed by atoms with Crippen molar-refractivity contribution < 1.29 is 29.5 Å². The van der Waals surface area contributed by atoms with Crippen molar-refractivity contribution in [2.45, 2.75) is 50.9 Å². The molecular weight excluding hydrogens is 290 g/mol. The highest BCUT2D eigenvalue weighted by Crippen LogP contribution is 2.13. The fraction of sp³-hybridized carbons (Fsp3) is 1.00. The molecule has 0 saturated carbocycles. The van der Waals surface area contributed by atoms with Gasteiger partial charge in [0.1, 0.15) is 12.2 Å². The van der Waals surface area contributed by atoms with Crippen LogP contribution in [0.1, 0.15) is 32.6 Å². The summed E-state index contributed by atoms with van der Waals surface area (Å²) in [6.45, 7) is 5.81. The van der Waals surface area contributed by atoms with Crippen LogP contribution >= 0.6 is 0 Å². The lowest BCUT2D eigenvalue weighted by molar-refractivity contribution is -0.147. The summed E-state index contributed by atoms with van der Waals surface area (Å²) in [5.41, 5.74) is 5.24. The van der Waals surface area contributed by atoms with Crippen LogP contribution in [-0.4, -0.2) is 79.8 Å². The third-order valence-electron chi connectivity index (χ3n) is 3.23. The first kappa shape index (κ1) is 21.7. The molecule has 1 rings (SSSR count). The van der Waals surface area contributed by atoms with Crippen LogP contribution in [-0.2, 0) is 14.2 Å². The second kappa shape index (κ2) is 15.6. The Morgan fingerprint density at radius 2 is 1.77 bits per heavy atom. The number of rotatable bonds is 10. The van der Waals surface area contributed by atoms with Crippen molar-refractivity contribution in [3.05, 3.63) is 0 Å². The molecule has 3 unspecified atom stereocenters. The van der Waals surface area contributed by atoms with Crippen molar-refractivity contribution >= 4 is 0 Å². The monoisotopic (exact) mass is 323 g/mol. The molecule has 1 aliphatic heterocycles. The van der Waals surface area contributed by atoms with Crippen LogP contribution in [0.3, 0.4) is 0 Å². The smallest absolute Gasteiger partial charge is 0.109 e. The van der Waals surface area contributed by atoms with Gasteiger partial charge in [-0.2, -0.15) is 0 Å². The quantitative estimate of drug-likeness (QED) is 0.407. The van der Waals surface area contributed by atoms with Gasteiger partial charge in [-0.25, -0.2) is 0 Å². The topological polar surface area (TPSA) is 114 Å². The summed E-state index contributed by atoms with van der Waals surface area (Å²) in [5.74, 6) is 0. The van der Waals surface area contributed by atoms with E-state index in [-0.39, 0.29) is 6.61 Å². The van der Waals surface area contributed by atoms with Gasteiger partial charge in [0.2, 0.25) is 0 Å². The Morgan fingerprint density at radius 3 is 2.32 bits per heavy atom. The average molecular weight is 323 g/mol. The fourth-order valence-electron chi connectivity index (χ4n) is 1.88. The SMILES string of the molecule is CCCCCOCCOCCN.OCC1OCCC(O)C1O. The van der Waals surface area contributed by atoms with E-state index in [4.69, 9.17) is 35.3 Å². The molecule has 7 heteroatoms. The molecule has 0 bridgehead atoms. The number of ether oxygens (including phenoxy) is 3. The summed E-state index contributed by atoms with van der Waals surface area (Å²) in [7, 11) is 0. The predicted molar refractivity (Wildman–Crippen MR) is 83.7 cm³/mol. The number of aliphatic hydroxyl groups is 3. The van der Waals surface area contributed by atoms with Crippen molar-refractivity contribution in [1.29, 1.82) is 0 Å². The second-order valence-electron chi connectivity index (χ2n) is 5.16. The number of hydrogen-bond donors (Lipinski definition) is 4. The van der Waals surface area contributed by atoms with E-state index in [2.05, 4.69) is 6.92 Å². The van der Waals surface area contributed by atoms with Crippen molar-refractivity contribution in [1.82, 2.24) is 0 Å². The van der Waals surface area contributed by atoms with Gasteiger partial charge in [-0.05, 0) is 12.8 Å². The molecule has 0 amide bonds. The Kier molecular flexibility index (Phi) is 15.4. The average Bonchev–Trinajstić information content (AvgIpc) is 2.53. The van der Waals surface area contributed by atoms with Gasteiger partial charge in [0.05, 0.1) is 32.5 Å². The fourth-order valence-corrected chi connectivity index (χ4v) is 1.88. The van der Waals surface area contributed by atoms with Gasteiger partial charge in [-0.15, -0.1) is 0 Å². The maximum atomic E-state index is 9.10. The highest BCUT2D eigenvalue weighted by molar-refractivity contribution is 4.79. The molecule has 1 fully saturated rings. The summed E-state index contributed by atoms with van der Waals surface area (Å²) >= 11 is 0. The highest BCUT2D eigenvalue weighted by atomic mass is 16.5. The van der Waals surface area contributed by atoms with Crippen molar-refractivity contribution in [2.24, 2.45) is 5.73 Å². The van der Waals surface area contributed by atoms with Gasteiger partial charge in [-0.3, -0.25) is 0 Å². The Hall–Kier alpha value is -0.280. The molecule has 1 saturated heterocycles. The first-order chi connectivity index (χ1) is 10.7. The minimum Gasteiger partial charge on any atom is -0.394 e. The maximum absolute atomic E-state index is 9.10. The van der Waals surface area contributed by atoms with Crippen LogP contribution in [0.15, 0.2) is 0 Å². The van der Waals surface area contributed by atoms with Gasteiger partial charge in [0.15, 0.2) is 0 Å². The third-order valence-corrected chi connectivity index (χ3v) is 3.23. The summed E-state index contributed by atoms with van der Waals surface area (Å²) in [6.07, 6.45) is 1.82. The van der Waals surface area contributed by atoms with Crippen LogP contribution in [0.4, 0.5) is 0 Å². The Balaban J connectivity index is 0.000000406. The minimum atomic E-state index is -0.932. The van der Waals surface area contributed by atoms with Gasteiger partial charge in [-0.1, -0.05) is 19.8 Å². The van der Waals surface area contributed by atoms with E-state index in [9.17, 15) is 0 Å². The van der Waals surface area contributed by atoms with E-state index in [1.54, 1.807) is 0 Å².